The summed E-state index contributed by atoms with van der Waals surface area (Å²) in [5.41, 5.74) is 7.31. The predicted molar refractivity (Wildman–Crippen MR) is 109 cm³/mol. The van der Waals surface area contributed by atoms with E-state index in [9.17, 15) is 0 Å². The molecule has 0 unspecified atom stereocenters. The fourth-order valence-corrected chi connectivity index (χ4v) is 4.09. The molecule has 26 heavy (non-hydrogen) atoms. The van der Waals surface area contributed by atoms with Crippen molar-refractivity contribution in [1.29, 1.82) is 0 Å². The van der Waals surface area contributed by atoms with Gasteiger partial charge in [0.05, 0.1) is 23.8 Å². The molecule has 0 bridgehead atoms. The van der Waals surface area contributed by atoms with E-state index in [0.717, 1.165) is 28.5 Å². The van der Waals surface area contributed by atoms with Gasteiger partial charge in [0.1, 0.15) is 0 Å². The summed E-state index contributed by atoms with van der Waals surface area (Å²) in [4.78, 5) is 9.16. The zero-order chi connectivity index (χ0) is 17.9. The Labute approximate surface area is 158 Å². The number of fused-ring (bicyclic) bond motifs is 1. The summed E-state index contributed by atoms with van der Waals surface area (Å²) in [5.74, 6) is 0.914. The maximum Gasteiger partial charge on any atom is 0.169 e. The van der Waals surface area contributed by atoms with Gasteiger partial charge in [-0.15, -0.1) is 0 Å². The number of aromatic nitrogens is 3. The van der Waals surface area contributed by atoms with Crippen LogP contribution in [0.2, 0.25) is 0 Å². The van der Waals surface area contributed by atoms with Gasteiger partial charge in [0.2, 0.25) is 0 Å². The summed E-state index contributed by atoms with van der Waals surface area (Å²) in [6.07, 6.45) is 3.72. The van der Waals surface area contributed by atoms with Gasteiger partial charge in [-0.2, -0.15) is 0 Å². The first-order valence-corrected chi connectivity index (χ1v) is 9.72. The van der Waals surface area contributed by atoms with Crippen molar-refractivity contribution in [3.05, 3.63) is 89.2 Å². The summed E-state index contributed by atoms with van der Waals surface area (Å²) in [7, 11) is 0. The van der Waals surface area contributed by atoms with Crippen molar-refractivity contribution in [2.24, 2.45) is 0 Å². The second kappa shape index (κ2) is 7.34. The fraction of sp³-hybridized carbons (Fsp3) is 0.182. The largest absolute Gasteiger partial charge is 0.313 e. The number of thioether (sulfide) groups is 1. The van der Waals surface area contributed by atoms with Crippen LogP contribution in [0, 0.1) is 13.8 Å². The van der Waals surface area contributed by atoms with Gasteiger partial charge >= 0.3 is 0 Å². The van der Waals surface area contributed by atoms with E-state index in [2.05, 4.69) is 71.9 Å². The van der Waals surface area contributed by atoms with Crippen molar-refractivity contribution in [3.8, 4) is 0 Å². The molecule has 0 aliphatic rings. The number of benzene rings is 2. The van der Waals surface area contributed by atoms with E-state index in [0.29, 0.717) is 0 Å². The first-order chi connectivity index (χ1) is 12.7. The summed E-state index contributed by atoms with van der Waals surface area (Å²) < 4.78 is 2.27. The van der Waals surface area contributed by atoms with Crippen molar-refractivity contribution in [2.45, 2.75) is 31.3 Å². The molecule has 0 aliphatic carbocycles. The number of imidazole rings is 1. The molecule has 3 nitrogen and oxygen atoms in total. The number of nitrogens with zero attached hydrogens (tertiary/aromatic N) is 3. The molecular weight excluding hydrogens is 338 g/mol. The molecule has 2 aromatic heterocycles. The number of pyridine rings is 1. The number of hydrogen-bond donors (Lipinski definition) is 0. The zero-order valence-corrected chi connectivity index (χ0v) is 15.8. The van der Waals surface area contributed by atoms with E-state index in [1.54, 1.807) is 18.0 Å². The molecule has 4 rings (SSSR count). The molecule has 130 valence electrons. The Morgan fingerprint density at radius 3 is 2.58 bits per heavy atom. The third-order valence-corrected chi connectivity index (χ3v) is 5.62. The molecule has 4 heteroatoms. The van der Waals surface area contributed by atoms with Crippen LogP contribution >= 0.6 is 11.8 Å². The molecule has 0 atom stereocenters. The van der Waals surface area contributed by atoms with E-state index in [-0.39, 0.29) is 0 Å². The number of rotatable bonds is 5. The first-order valence-electron chi connectivity index (χ1n) is 8.74. The van der Waals surface area contributed by atoms with E-state index in [1.807, 2.05) is 12.3 Å². The lowest BCUT2D eigenvalue weighted by Gasteiger charge is -2.10. The zero-order valence-electron chi connectivity index (χ0n) is 15.0. The Kier molecular flexibility index (Phi) is 4.76. The molecule has 4 aromatic rings. The molecule has 0 radical (unpaired) electrons. The van der Waals surface area contributed by atoms with Gasteiger partial charge in [-0.25, -0.2) is 4.98 Å². The smallest absolute Gasteiger partial charge is 0.169 e. The minimum atomic E-state index is 0.804. The monoisotopic (exact) mass is 359 g/mol. The number of aryl methyl sites for hydroxylation is 2. The van der Waals surface area contributed by atoms with E-state index in [1.165, 1.54) is 22.3 Å². The summed E-state index contributed by atoms with van der Waals surface area (Å²) in [6.45, 7) is 5.08. The van der Waals surface area contributed by atoms with Crippen LogP contribution in [0.3, 0.4) is 0 Å². The molecule has 0 aliphatic heterocycles. The van der Waals surface area contributed by atoms with Crippen LogP contribution in [0.1, 0.15) is 22.3 Å². The Morgan fingerprint density at radius 2 is 1.77 bits per heavy atom. The van der Waals surface area contributed by atoms with Gasteiger partial charge in [-0.3, -0.25) is 4.98 Å². The second-order valence-corrected chi connectivity index (χ2v) is 7.49. The fourth-order valence-electron chi connectivity index (χ4n) is 3.00. The minimum absolute atomic E-state index is 0.804. The van der Waals surface area contributed by atoms with Crippen LogP contribution in [0.5, 0.6) is 0 Å². The third kappa shape index (κ3) is 3.51. The lowest BCUT2D eigenvalue weighted by Crippen LogP contribution is -2.02. The Balaban J connectivity index is 1.67. The topological polar surface area (TPSA) is 30.7 Å². The van der Waals surface area contributed by atoms with E-state index >= 15 is 0 Å². The SMILES string of the molecule is Cc1ccc(Cn2c(SCc3ccccc3C)nc3ccncc32)cc1. The van der Waals surface area contributed by atoms with Crippen molar-refractivity contribution >= 4 is 22.8 Å². The van der Waals surface area contributed by atoms with E-state index in [4.69, 9.17) is 4.98 Å². The normalized spacial score (nSPS) is 11.2. The van der Waals surface area contributed by atoms with Gasteiger partial charge in [0.25, 0.3) is 0 Å². The molecule has 2 aromatic carbocycles. The third-order valence-electron chi connectivity index (χ3n) is 4.59. The van der Waals surface area contributed by atoms with Crippen molar-refractivity contribution in [3.63, 3.8) is 0 Å². The second-order valence-electron chi connectivity index (χ2n) is 6.55. The van der Waals surface area contributed by atoms with Gasteiger partial charge in [0.15, 0.2) is 5.16 Å². The van der Waals surface area contributed by atoms with Crippen LogP contribution in [0.15, 0.2) is 72.1 Å². The maximum atomic E-state index is 4.86. The van der Waals surface area contributed by atoms with Crippen LogP contribution < -0.4 is 0 Å². The van der Waals surface area contributed by atoms with Crippen molar-refractivity contribution in [2.75, 3.05) is 0 Å². The van der Waals surface area contributed by atoms with Crippen LogP contribution in [0.25, 0.3) is 11.0 Å². The summed E-state index contributed by atoms with van der Waals surface area (Å²) in [5, 5.41) is 1.04. The van der Waals surface area contributed by atoms with Crippen molar-refractivity contribution < 1.29 is 0 Å². The highest BCUT2D eigenvalue weighted by Gasteiger charge is 2.12. The van der Waals surface area contributed by atoms with Crippen LogP contribution in [0.4, 0.5) is 0 Å². The van der Waals surface area contributed by atoms with Crippen LogP contribution in [-0.2, 0) is 12.3 Å². The molecule has 2 heterocycles. The molecule has 0 saturated carbocycles. The lowest BCUT2D eigenvalue weighted by molar-refractivity contribution is 0.730. The summed E-state index contributed by atoms with van der Waals surface area (Å²) >= 11 is 1.79. The Hall–Kier alpha value is -2.59. The lowest BCUT2D eigenvalue weighted by atomic mass is 10.1. The Morgan fingerprint density at radius 1 is 0.962 bits per heavy atom. The minimum Gasteiger partial charge on any atom is -0.313 e. The van der Waals surface area contributed by atoms with Gasteiger partial charge < -0.3 is 4.57 Å². The molecular formula is C22H21N3S. The Bertz CT molecular complexity index is 1030. The predicted octanol–water partition coefficient (Wildman–Crippen LogP) is 5.39. The first kappa shape index (κ1) is 16.9. The van der Waals surface area contributed by atoms with Gasteiger partial charge in [-0.05, 0) is 36.6 Å². The molecule has 0 amide bonds. The molecule has 0 N–H and O–H groups in total. The highest BCUT2D eigenvalue weighted by atomic mass is 32.2. The van der Waals surface area contributed by atoms with Crippen molar-refractivity contribution in [1.82, 2.24) is 14.5 Å². The number of hydrogen-bond acceptors (Lipinski definition) is 3. The average molecular weight is 359 g/mol. The molecule has 0 fully saturated rings. The average Bonchev–Trinajstić information content (AvgIpc) is 3.00. The molecule has 0 saturated heterocycles. The van der Waals surface area contributed by atoms with Gasteiger partial charge in [-0.1, -0.05) is 65.9 Å². The quantitative estimate of drug-likeness (QED) is 0.448. The molecule has 0 spiro atoms. The standard InChI is InChI=1S/C22H21N3S/c1-16-7-9-18(10-8-16)14-25-21-13-23-12-11-20(21)24-22(25)26-15-19-6-4-3-5-17(19)2/h3-13H,14-15H2,1-2H3. The van der Waals surface area contributed by atoms with Gasteiger partial charge in [0, 0.05) is 11.9 Å². The van der Waals surface area contributed by atoms with Crippen LogP contribution in [-0.4, -0.2) is 14.5 Å². The highest BCUT2D eigenvalue weighted by Crippen LogP contribution is 2.28. The maximum absolute atomic E-state index is 4.86. The summed E-state index contributed by atoms with van der Waals surface area (Å²) in [6, 6.07) is 19.2. The van der Waals surface area contributed by atoms with E-state index < -0.39 is 0 Å². The highest BCUT2D eigenvalue weighted by molar-refractivity contribution is 7.98.